The number of sulfone groups is 1. The Morgan fingerprint density at radius 2 is 1.71 bits per heavy atom. The Labute approximate surface area is 164 Å². The van der Waals surface area contributed by atoms with Crippen molar-refractivity contribution < 1.29 is 21.9 Å². The van der Waals surface area contributed by atoms with Crippen molar-refractivity contribution in [3.05, 3.63) is 59.7 Å². The van der Waals surface area contributed by atoms with Gasteiger partial charge in [0.15, 0.2) is 0 Å². The van der Waals surface area contributed by atoms with E-state index in [1.165, 1.54) is 18.2 Å². The van der Waals surface area contributed by atoms with E-state index in [1.807, 2.05) is 31.2 Å². The number of nitrogens with one attached hydrogen (secondary N) is 1. The zero-order valence-electron chi connectivity index (χ0n) is 15.6. The zero-order chi connectivity index (χ0) is 20.1. The average molecular weight is 410 g/mol. The molecule has 1 unspecified atom stereocenters. The number of hydrogen-bond donors (Lipinski definition) is 1. The molecule has 3 rings (SSSR count). The molecule has 0 aliphatic carbocycles. The van der Waals surface area contributed by atoms with Crippen LogP contribution in [0.15, 0.2) is 53.4 Å². The number of nitrogens with zero attached hydrogens (tertiary/aromatic N) is 1. The van der Waals surface area contributed by atoms with Crippen LogP contribution in [0.5, 0.6) is 0 Å². The van der Waals surface area contributed by atoms with Gasteiger partial charge in [0.25, 0.3) is 0 Å². The van der Waals surface area contributed by atoms with E-state index < -0.39 is 15.6 Å². The van der Waals surface area contributed by atoms with Crippen molar-refractivity contribution >= 4 is 15.5 Å². The van der Waals surface area contributed by atoms with E-state index in [-0.39, 0.29) is 16.6 Å². The molecule has 1 aliphatic heterocycles. The summed E-state index contributed by atoms with van der Waals surface area (Å²) in [5, 5.41) is 3.09. The number of alkyl halides is 2. The maximum atomic E-state index is 13.0. The van der Waals surface area contributed by atoms with Crippen molar-refractivity contribution in [2.75, 3.05) is 38.2 Å². The molecule has 1 heterocycles. The number of rotatable bonds is 7. The summed E-state index contributed by atoms with van der Waals surface area (Å²) < 4.78 is 55.5. The van der Waals surface area contributed by atoms with E-state index in [0.717, 1.165) is 24.2 Å². The number of halogens is 2. The van der Waals surface area contributed by atoms with Gasteiger partial charge in [-0.15, -0.1) is 0 Å². The number of para-hydroxylation sites is 1. The minimum atomic E-state index is -4.68. The molecule has 152 valence electrons. The molecule has 0 amide bonds. The van der Waals surface area contributed by atoms with E-state index in [4.69, 9.17) is 4.74 Å². The SMILES string of the molecule is Cc1ccc(C(CNc2ccccc2S(=O)(=O)C(F)F)N2CCOCC2)cc1. The highest BCUT2D eigenvalue weighted by atomic mass is 32.2. The number of hydrogen-bond acceptors (Lipinski definition) is 5. The Balaban J connectivity index is 1.86. The molecular formula is C20H24F2N2O3S. The maximum Gasteiger partial charge on any atom is 0.341 e. The lowest BCUT2D eigenvalue weighted by Crippen LogP contribution is -2.41. The van der Waals surface area contributed by atoms with Gasteiger partial charge in [-0.25, -0.2) is 8.42 Å². The highest BCUT2D eigenvalue weighted by molar-refractivity contribution is 7.91. The van der Waals surface area contributed by atoms with E-state index in [2.05, 4.69) is 10.2 Å². The number of morpholine rings is 1. The zero-order valence-corrected chi connectivity index (χ0v) is 16.5. The van der Waals surface area contributed by atoms with Gasteiger partial charge in [-0.1, -0.05) is 42.0 Å². The molecule has 1 N–H and O–H groups in total. The maximum absolute atomic E-state index is 13.0. The summed E-state index contributed by atoms with van der Waals surface area (Å²) in [4.78, 5) is 1.88. The van der Waals surface area contributed by atoms with Crippen molar-refractivity contribution in [3.8, 4) is 0 Å². The third-order valence-corrected chi connectivity index (χ3v) is 6.30. The quantitative estimate of drug-likeness (QED) is 0.757. The van der Waals surface area contributed by atoms with Crippen LogP contribution in [0.4, 0.5) is 14.5 Å². The number of ether oxygens (including phenoxy) is 1. The van der Waals surface area contributed by atoms with Gasteiger partial charge in [0.1, 0.15) is 0 Å². The number of aryl methyl sites for hydroxylation is 1. The van der Waals surface area contributed by atoms with Crippen molar-refractivity contribution in [2.45, 2.75) is 23.6 Å². The predicted molar refractivity (Wildman–Crippen MR) is 104 cm³/mol. The molecule has 1 saturated heterocycles. The second-order valence-corrected chi connectivity index (χ2v) is 8.64. The van der Waals surface area contributed by atoms with Crippen LogP contribution in [-0.4, -0.2) is 51.9 Å². The molecule has 0 aromatic heterocycles. The lowest BCUT2D eigenvalue weighted by molar-refractivity contribution is 0.0187. The predicted octanol–water partition coefficient (Wildman–Crippen LogP) is 3.48. The summed E-state index contributed by atoms with van der Waals surface area (Å²) in [5.74, 6) is -3.46. The van der Waals surface area contributed by atoms with Gasteiger partial charge in [0.05, 0.1) is 29.8 Å². The van der Waals surface area contributed by atoms with Crippen molar-refractivity contribution in [1.29, 1.82) is 0 Å². The van der Waals surface area contributed by atoms with Crippen LogP contribution < -0.4 is 5.32 Å². The minimum absolute atomic E-state index is 0.0354. The van der Waals surface area contributed by atoms with Gasteiger partial charge in [0, 0.05) is 19.6 Å². The van der Waals surface area contributed by atoms with Crippen molar-refractivity contribution in [2.24, 2.45) is 0 Å². The fraction of sp³-hybridized carbons (Fsp3) is 0.400. The molecule has 2 aromatic carbocycles. The van der Waals surface area contributed by atoms with Crippen LogP contribution in [0.25, 0.3) is 0 Å². The fourth-order valence-corrected chi connectivity index (χ4v) is 4.21. The topological polar surface area (TPSA) is 58.6 Å². The molecule has 28 heavy (non-hydrogen) atoms. The smallest absolute Gasteiger partial charge is 0.341 e. The Morgan fingerprint density at radius 3 is 2.36 bits per heavy atom. The van der Waals surface area contributed by atoms with Crippen molar-refractivity contribution in [3.63, 3.8) is 0 Å². The Morgan fingerprint density at radius 1 is 1.07 bits per heavy atom. The van der Waals surface area contributed by atoms with Crippen LogP contribution in [0.3, 0.4) is 0 Å². The van der Waals surface area contributed by atoms with E-state index in [9.17, 15) is 17.2 Å². The van der Waals surface area contributed by atoms with E-state index in [1.54, 1.807) is 6.07 Å². The minimum Gasteiger partial charge on any atom is -0.382 e. The van der Waals surface area contributed by atoms with Crippen molar-refractivity contribution in [1.82, 2.24) is 4.90 Å². The summed E-state index contributed by atoms with van der Waals surface area (Å²) in [5.41, 5.74) is 2.41. The Bertz CT molecular complexity index is 883. The summed E-state index contributed by atoms with van der Waals surface area (Å²) in [6, 6.07) is 13.9. The number of anilines is 1. The fourth-order valence-electron chi connectivity index (χ4n) is 3.30. The molecule has 0 spiro atoms. The second-order valence-electron chi connectivity index (χ2n) is 6.76. The molecule has 1 fully saturated rings. The van der Waals surface area contributed by atoms with Gasteiger partial charge in [-0.05, 0) is 24.6 Å². The third-order valence-electron chi connectivity index (χ3n) is 4.86. The van der Waals surface area contributed by atoms with Gasteiger partial charge in [0.2, 0.25) is 9.84 Å². The molecule has 0 radical (unpaired) electrons. The van der Waals surface area contributed by atoms with Gasteiger partial charge in [-0.3, -0.25) is 4.90 Å². The summed E-state index contributed by atoms with van der Waals surface area (Å²) >= 11 is 0. The van der Waals surface area contributed by atoms with Gasteiger partial charge >= 0.3 is 5.76 Å². The van der Waals surface area contributed by atoms with Gasteiger partial charge in [-0.2, -0.15) is 8.78 Å². The molecule has 0 bridgehead atoms. The average Bonchev–Trinajstić information content (AvgIpc) is 2.70. The van der Waals surface area contributed by atoms with Crippen LogP contribution in [-0.2, 0) is 14.6 Å². The second kappa shape index (κ2) is 8.98. The first-order valence-corrected chi connectivity index (χ1v) is 10.7. The van der Waals surface area contributed by atoms with Crippen LogP contribution in [0.1, 0.15) is 17.2 Å². The molecule has 0 saturated carbocycles. The molecule has 2 aromatic rings. The van der Waals surface area contributed by atoms with Crippen LogP contribution in [0, 0.1) is 6.92 Å². The molecule has 8 heteroatoms. The Kier molecular flexibility index (Phi) is 6.64. The largest absolute Gasteiger partial charge is 0.382 e. The first kappa shape index (κ1) is 20.7. The molecule has 1 aliphatic rings. The monoisotopic (exact) mass is 410 g/mol. The summed E-state index contributed by atoms with van der Waals surface area (Å²) in [6.07, 6.45) is 0. The highest BCUT2D eigenvalue weighted by Crippen LogP contribution is 2.28. The summed E-state index contributed by atoms with van der Waals surface area (Å²) in [7, 11) is -4.68. The van der Waals surface area contributed by atoms with Crippen LogP contribution >= 0.6 is 0 Å². The number of benzene rings is 2. The normalized spacial score (nSPS) is 16.9. The first-order valence-electron chi connectivity index (χ1n) is 9.13. The van der Waals surface area contributed by atoms with E-state index in [0.29, 0.717) is 19.8 Å². The summed E-state index contributed by atoms with van der Waals surface area (Å²) in [6.45, 7) is 5.14. The lowest BCUT2D eigenvalue weighted by atomic mass is 10.0. The van der Waals surface area contributed by atoms with Crippen LogP contribution in [0.2, 0.25) is 0 Å². The molecular weight excluding hydrogens is 386 g/mol. The Hall–Kier alpha value is -2.03. The first-order chi connectivity index (χ1) is 13.4. The van der Waals surface area contributed by atoms with E-state index >= 15 is 0 Å². The lowest BCUT2D eigenvalue weighted by Gasteiger charge is -2.35. The van der Waals surface area contributed by atoms with Gasteiger partial charge < -0.3 is 10.1 Å². The highest BCUT2D eigenvalue weighted by Gasteiger charge is 2.29. The standard InChI is InChI=1S/C20H24F2N2O3S/c1-15-6-8-16(9-7-15)18(24-10-12-27-13-11-24)14-23-17-4-2-3-5-19(17)28(25,26)20(21)22/h2-9,18,20,23H,10-14H2,1H3. The molecule has 1 atom stereocenters. The third kappa shape index (κ3) is 4.68. The molecule has 5 nitrogen and oxygen atoms in total.